The molecule has 2 amide bonds. The first-order valence-corrected chi connectivity index (χ1v) is 8.91. The standard InChI is InChI=1S/C19H21F3N2O4/c1-23-15(25)11-14(17(27)28-2)18(23)6-8-24(9-7-18)16(26)12-4-3-5-13(10-12)19(20,21)22/h3-5,10,14H,6-9,11H2,1-2H3. The highest BCUT2D eigenvalue weighted by Crippen LogP contribution is 2.43. The molecule has 1 unspecified atom stereocenters. The van der Waals surface area contributed by atoms with Gasteiger partial charge in [-0.2, -0.15) is 13.2 Å². The molecule has 0 radical (unpaired) electrons. The van der Waals surface area contributed by atoms with Gasteiger partial charge < -0.3 is 14.5 Å². The number of likely N-dealkylation sites (tertiary alicyclic amines) is 2. The van der Waals surface area contributed by atoms with Crippen molar-refractivity contribution < 1.29 is 32.3 Å². The van der Waals surface area contributed by atoms with Crippen LogP contribution >= 0.6 is 0 Å². The minimum Gasteiger partial charge on any atom is -0.469 e. The molecular formula is C19H21F3N2O4. The Morgan fingerprint density at radius 1 is 1.21 bits per heavy atom. The van der Waals surface area contributed by atoms with Crippen LogP contribution in [0.4, 0.5) is 13.2 Å². The minimum absolute atomic E-state index is 0.0360. The molecule has 0 saturated carbocycles. The second kappa shape index (κ2) is 7.10. The maximum absolute atomic E-state index is 12.9. The third-order valence-corrected chi connectivity index (χ3v) is 5.91. The van der Waals surface area contributed by atoms with E-state index in [2.05, 4.69) is 0 Å². The summed E-state index contributed by atoms with van der Waals surface area (Å²) in [6.07, 6.45) is -3.74. The molecule has 28 heavy (non-hydrogen) atoms. The predicted octanol–water partition coefficient (Wildman–Crippen LogP) is 2.33. The predicted molar refractivity (Wildman–Crippen MR) is 92.2 cm³/mol. The van der Waals surface area contributed by atoms with Crippen LogP contribution in [0, 0.1) is 5.92 Å². The molecule has 2 fully saturated rings. The molecule has 9 heteroatoms. The molecule has 2 saturated heterocycles. The highest BCUT2D eigenvalue weighted by molar-refractivity contribution is 5.94. The maximum atomic E-state index is 12.9. The second-order valence-corrected chi connectivity index (χ2v) is 7.21. The number of hydrogen-bond acceptors (Lipinski definition) is 4. The monoisotopic (exact) mass is 398 g/mol. The first-order chi connectivity index (χ1) is 13.1. The zero-order chi connectivity index (χ0) is 20.7. The van der Waals surface area contributed by atoms with Crippen LogP contribution in [0.15, 0.2) is 24.3 Å². The summed E-state index contributed by atoms with van der Waals surface area (Å²) < 4.78 is 43.5. The van der Waals surface area contributed by atoms with Gasteiger partial charge in [-0.1, -0.05) is 6.07 Å². The van der Waals surface area contributed by atoms with Gasteiger partial charge >= 0.3 is 12.1 Å². The fourth-order valence-corrected chi connectivity index (χ4v) is 4.22. The van der Waals surface area contributed by atoms with Gasteiger partial charge in [0.25, 0.3) is 5.91 Å². The number of piperidine rings is 1. The molecule has 0 N–H and O–H groups in total. The van der Waals surface area contributed by atoms with Crippen LogP contribution in [0.25, 0.3) is 0 Å². The number of rotatable bonds is 2. The van der Waals surface area contributed by atoms with Crippen LogP contribution in [0.2, 0.25) is 0 Å². The smallest absolute Gasteiger partial charge is 0.416 e. The van der Waals surface area contributed by atoms with Crippen LogP contribution in [-0.4, -0.2) is 60.4 Å². The lowest BCUT2D eigenvalue weighted by atomic mass is 9.77. The SMILES string of the molecule is COC(=O)C1CC(=O)N(C)C12CCN(C(=O)c1cccc(C(F)(F)F)c1)CC2. The molecule has 2 aliphatic heterocycles. The van der Waals surface area contributed by atoms with Crippen LogP contribution in [0.5, 0.6) is 0 Å². The lowest BCUT2D eigenvalue weighted by Gasteiger charge is -2.45. The van der Waals surface area contributed by atoms with E-state index >= 15 is 0 Å². The summed E-state index contributed by atoms with van der Waals surface area (Å²) in [5.74, 6) is -1.73. The number of carbonyl (C=O) groups excluding carboxylic acids is 3. The number of carbonyl (C=O) groups is 3. The summed E-state index contributed by atoms with van der Waals surface area (Å²) in [5, 5.41) is 0. The van der Waals surface area contributed by atoms with E-state index in [1.165, 1.54) is 24.1 Å². The summed E-state index contributed by atoms with van der Waals surface area (Å²) >= 11 is 0. The fraction of sp³-hybridized carbons (Fsp3) is 0.526. The third-order valence-electron chi connectivity index (χ3n) is 5.91. The first kappa shape index (κ1) is 20.2. The van der Waals surface area contributed by atoms with E-state index in [9.17, 15) is 27.6 Å². The van der Waals surface area contributed by atoms with Gasteiger partial charge in [-0.3, -0.25) is 14.4 Å². The Morgan fingerprint density at radius 2 is 1.86 bits per heavy atom. The highest BCUT2D eigenvalue weighted by Gasteiger charge is 2.56. The molecular weight excluding hydrogens is 377 g/mol. The number of halogens is 3. The van der Waals surface area contributed by atoms with Crippen LogP contribution in [0.1, 0.15) is 35.2 Å². The zero-order valence-electron chi connectivity index (χ0n) is 15.6. The van der Waals surface area contributed by atoms with Crippen LogP contribution in [-0.2, 0) is 20.5 Å². The van der Waals surface area contributed by atoms with Gasteiger partial charge in [0.15, 0.2) is 0 Å². The molecule has 1 aromatic carbocycles. The number of methoxy groups -OCH3 is 1. The van der Waals surface area contributed by atoms with Crippen LogP contribution < -0.4 is 0 Å². The van der Waals surface area contributed by atoms with E-state index < -0.39 is 35.1 Å². The Labute approximate surface area is 160 Å². The van der Waals surface area contributed by atoms with Gasteiger partial charge in [0.1, 0.15) is 0 Å². The average molecular weight is 398 g/mol. The Morgan fingerprint density at radius 3 is 2.43 bits per heavy atom. The van der Waals surface area contributed by atoms with Gasteiger partial charge in [-0.25, -0.2) is 0 Å². The molecule has 0 aromatic heterocycles. The number of amides is 2. The van der Waals surface area contributed by atoms with Crippen molar-refractivity contribution in [3.05, 3.63) is 35.4 Å². The van der Waals surface area contributed by atoms with Gasteiger partial charge in [0.05, 0.1) is 24.1 Å². The highest BCUT2D eigenvalue weighted by atomic mass is 19.4. The Kier molecular flexibility index (Phi) is 5.12. The van der Waals surface area contributed by atoms with E-state index in [4.69, 9.17) is 4.74 Å². The van der Waals surface area contributed by atoms with E-state index in [1.54, 1.807) is 11.9 Å². The lowest BCUT2D eigenvalue weighted by molar-refractivity contribution is -0.149. The Balaban J connectivity index is 1.77. The van der Waals surface area contributed by atoms with Crippen molar-refractivity contribution in [2.24, 2.45) is 5.92 Å². The molecule has 1 aromatic rings. The zero-order valence-corrected chi connectivity index (χ0v) is 15.6. The maximum Gasteiger partial charge on any atom is 0.416 e. The van der Waals surface area contributed by atoms with Gasteiger partial charge in [0, 0.05) is 32.1 Å². The number of hydrogen-bond donors (Lipinski definition) is 0. The largest absolute Gasteiger partial charge is 0.469 e. The van der Waals surface area contributed by atoms with Crippen molar-refractivity contribution in [1.29, 1.82) is 0 Å². The number of ether oxygens (including phenoxy) is 1. The lowest BCUT2D eigenvalue weighted by Crippen LogP contribution is -2.57. The minimum atomic E-state index is -4.52. The van der Waals surface area contributed by atoms with E-state index in [1.807, 2.05) is 0 Å². The first-order valence-electron chi connectivity index (χ1n) is 8.91. The van der Waals surface area contributed by atoms with Crippen molar-refractivity contribution in [3.63, 3.8) is 0 Å². The molecule has 1 spiro atoms. The molecule has 1 atom stereocenters. The average Bonchev–Trinajstić information content (AvgIpc) is 2.92. The molecule has 2 heterocycles. The number of alkyl halides is 3. The van der Waals surface area contributed by atoms with E-state index in [0.717, 1.165) is 12.1 Å². The molecule has 0 bridgehead atoms. The van der Waals surface area contributed by atoms with Crippen molar-refractivity contribution in [2.45, 2.75) is 31.0 Å². The van der Waals surface area contributed by atoms with Gasteiger partial charge in [-0.15, -0.1) is 0 Å². The van der Waals surface area contributed by atoms with Crippen molar-refractivity contribution in [3.8, 4) is 0 Å². The topological polar surface area (TPSA) is 66.9 Å². The fourth-order valence-electron chi connectivity index (χ4n) is 4.22. The quantitative estimate of drug-likeness (QED) is 0.718. The number of benzene rings is 1. The molecule has 2 aliphatic rings. The molecule has 6 nitrogen and oxygen atoms in total. The van der Waals surface area contributed by atoms with Gasteiger partial charge in [0.2, 0.25) is 5.91 Å². The van der Waals surface area contributed by atoms with Crippen LogP contribution in [0.3, 0.4) is 0 Å². The van der Waals surface area contributed by atoms with Crippen molar-refractivity contribution in [1.82, 2.24) is 9.80 Å². The summed E-state index contributed by atoms with van der Waals surface area (Å²) in [6.45, 7) is 0.473. The summed E-state index contributed by atoms with van der Waals surface area (Å²) in [6, 6.07) is 4.32. The molecule has 152 valence electrons. The summed E-state index contributed by atoms with van der Waals surface area (Å²) in [4.78, 5) is 40.0. The van der Waals surface area contributed by atoms with Crippen molar-refractivity contribution >= 4 is 17.8 Å². The van der Waals surface area contributed by atoms with Crippen molar-refractivity contribution in [2.75, 3.05) is 27.2 Å². The summed E-state index contributed by atoms with van der Waals surface area (Å²) in [7, 11) is 2.90. The third kappa shape index (κ3) is 3.33. The number of esters is 1. The van der Waals surface area contributed by atoms with E-state index in [-0.39, 0.29) is 31.0 Å². The molecule has 0 aliphatic carbocycles. The Bertz CT molecular complexity index is 801. The normalized spacial score (nSPS) is 21.9. The molecule has 3 rings (SSSR count). The number of nitrogens with zero attached hydrogens (tertiary/aromatic N) is 2. The Hall–Kier alpha value is -2.58. The van der Waals surface area contributed by atoms with E-state index in [0.29, 0.717) is 12.8 Å². The summed E-state index contributed by atoms with van der Waals surface area (Å²) in [5.41, 5.74) is -1.64. The van der Waals surface area contributed by atoms with Gasteiger partial charge in [-0.05, 0) is 31.0 Å². The second-order valence-electron chi connectivity index (χ2n) is 7.21.